The molecule has 2 rings (SSSR count). The van der Waals surface area contributed by atoms with Crippen LogP contribution in [0.5, 0.6) is 0 Å². The second-order valence-corrected chi connectivity index (χ2v) is 5.39. The van der Waals surface area contributed by atoms with E-state index in [-0.39, 0.29) is 5.91 Å². The van der Waals surface area contributed by atoms with Gasteiger partial charge in [0.2, 0.25) is 5.91 Å². The fraction of sp³-hybridized carbons (Fsp3) is 0.600. The summed E-state index contributed by atoms with van der Waals surface area (Å²) in [6.45, 7) is 4.59. The summed E-state index contributed by atoms with van der Waals surface area (Å²) in [6.07, 6.45) is 7.11. The first-order valence-corrected chi connectivity index (χ1v) is 7.09. The van der Waals surface area contributed by atoms with Gasteiger partial charge in [0.05, 0.1) is 5.54 Å². The van der Waals surface area contributed by atoms with Crippen LogP contribution in [0.3, 0.4) is 0 Å². The summed E-state index contributed by atoms with van der Waals surface area (Å²) in [4.78, 5) is 18.8. The molecule has 1 aliphatic rings. The Balaban J connectivity index is 2.14. The van der Waals surface area contributed by atoms with E-state index in [0.717, 1.165) is 18.4 Å². The SMILES string of the molecule is CCC(N)(CC)C(=O)N(Cc1cccnc1)C1CC1. The Hall–Kier alpha value is -1.42. The van der Waals surface area contributed by atoms with E-state index in [9.17, 15) is 4.79 Å². The number of nitrogens with zero attached hydrogens (tertiary/aromatic N) is 2. The number of carbonyl (C=O) groups excluding carboxylic acids is 1. The molecule has 4 heteroatoms. The summed E-state index contributed by atoms with van der Waals surface area (Å²) < 4.78 is 0. The van der Waals surface area contributed by atoms with Crippen LogP contribution in [-0.2, 0) is 11.3 Å². The second kappa shape index (κ2) is 5.70. The molecule has 0 aliphatic heterocycles. The predicted octanol–water partition coefficient (Wildman–Crippen LogP) is 2.09. The lowest BCUT2D eigenvalue weighted by Crippen LogP contribution is -2.55. The van der Waals surface area contributed by atoms with E-state index in [4.69, 9.17) is 5.73 Å². The van der Waals surface area contributed by atoms with Gasteiger partial charge >= 0.3 is 0 Å². The lowest BCUT2D eigenvalue weighted by Gasteiger charge is -2.33. The summed E-state index contributed by atoms with van der Waals surface area (Å²) in [6, 6.07) is 4.28. The van der Waals surface area contributed by atoms with Crippen LogP contribution in [0.25, 0.3) is 0 Å². The van der Waals surface area contributed by atoms with Crippen molar-refractivity contribution in [2.24, 2.45) is 5.73 Å². The van der Waals surface area contributed by atoms with Gasteiger partial charge in [-0.15, -0.1) is 0 Å². The maximum Gasteiger partial charge on any atom is 0.243 e. The molecule has 0 aromatic carbocycles. The van der Waals surface area contributed by atoms with E-state index in [1.54, 1.807) is 6.20 Å². The number of carbonyl (C=O) groups is 1. The minimum absolute atomic E-state index is 0.0869. The van der Waals surface area contributed by atoms with Crippen LogP contribution >= 0.6 is 0 Å². The van der Waals surface area contributed by atoms with Crippen molar-refractivity contribution < 1.29 is 4.79 Å². The van der Waals surface area contributed by atoms with Crippen LogP contribution in [0.1, 0.15) is 45.1 Å². The Morgan fingerprint density at radius 3 is 2.63 bits per heavy atom. The Morgan fingerprint density at radius 2 is 2.16 bits per heavy atom. The number of hydrogen-bond acceptors (Lipinski definition) is 3. The number of nitrogens with two attached hydrogens (primary N) is 1. The van der Waals surface area contributed by atoms with Crippen molar-refractivity contribution >= 4 is 5.91 Å². The van der Waals surface area contributed by atoms with Crippen molar-refractivity contribution in [3.05, 3.63) is 30.1 Å². The van der Waals surface area contributed by atoms with Crippen LogP contribution in [-0.4, -0.2) is 27.4 Å². The molecule has 1 aliphatic carbocycles. The minimum Gasteiger partial charge on any atom is -0.334 e. The van der Waals surface area contributed by atoms with Gasteiger partial charge in [0.15, 0.2) is 0 Å². The molecule has 0 spiro atoms. The van der Waals surface area contributed by atoms with Crippen LogP contribution in [0.4, 0.5) is 0 Å². The van der Waals surface area contributed by atoms with Crippen LogP contribution < -0.4 is 5.73 Å². The Morgan fingerprint density at radius 1 is 1.47 bits per heavy atom. The molecule has 1 saturated carbocycles. The molecule has 0 atom stereocenters. The lowest BCUT2D eigenvalue weighted by molar-refractivity contribution is -0.138. The second-order valence-electron chi connectivity index (χ2n) is 5.39. The smallest absolute Gasteiger partial charge is 0.243 e. The maximum absolute atomic E-state index is 12.7. The van der Waals surface area contributed by atoms with Crippen molar-refractivity contribution in [1.82, 2.24) is 9.88 Å². The molecule has 2 N–H and O–H groups in total. The predicted molar refractivity (Wildman–Crippen MR) is 75.3 cm³/mol. The van der Waals surface area contributed by atoms with Gasteiger partial charge in [-0.25, -0.2) is 0 Å². The van der Waals surface area contributed by atoms with Gasteiger partial charge in [-0.05, 0) is 37.3 Å². The lowest BCUT2D eigenvalue weighted by atomic mass is 9.92. The molecule has 1 aromatic heterocycles. The molecule has 104 valence electrons. The third-order valence-electron chi connectivity index (χ3n) is 4.01. The largest absolute Gasteiger partial charge is 0.334 e. The molecule has 1 fully saturated rings. The van der Waals surface area contributed by atoms with E-state index >= 15 is 0 Å². The highest BCUT2D eigenvalue weighted by Gasteiger charge is 2.40. The highest BCUT2D eigenvalue weighted by atomic mass is 16.2. The fourth-order valence-corrected chi connectivity index (χ4v) is 2.28. The zero-order chi connectivity index (χ0) is 13.9. The number of pyridine rings is 1. The minimum atomic E-state index is -0.717. The van der Waals surface area contributed by atoms with Crippen LogP contribution in [0, 0.1) is 0 Å². The molecule has 0 saturated heterocycles. The number of hydrogen-bond donors (Lipinski definition) is 1. The van der Waals surface area contributed by atoms with Crippen molar-refractivity contribution in [3.8, 4) is 0 Å². The van der Waals surface area contributed by atoms with E-state index in [1.807, 2.05) is 37.1 Å². The normalized spacial score (nSPS) is 15.3. The Bertz CT molecular complexity index is 424. The topological polar surface area (TPSA) is 59.2 Å². The average molecular weight is 261 g/mol. The van der Waals surface area contributed by atoms with Crippen molar-refractivity contribution in [1.29, 1.82) is 0 Å². The van der Waals surface area contributed by atoms with Crippen molar-refractivity contribution in [2.75, 3.05) is 0 Å². The molecule has 1 aromatic rings. The molecule has 0 unspecified atom stereocenters. The Kier molecular flexibility index (Phi) is 4.20. The van der Waals surface area contributed by atoms with Crippen LogP contribution in [0.2, 0.25) is 0 Å². The first-order chi connectivity index (χ1) is 9.10. The quantitative estimate of drug-likeness (QED) is 0.853. The highest BCUT2D eigenvalue weighted by molar-refractivity contribution is 5.86. The third kappa shape index (κ3) is 3.13. The summed E-state index contributed by atoms with van der Waals surface area (Å²) in [5.74, 6) is 0.0869. The zero-order valence-corrected chi connectivity index (χ0v) is 11.8. The average Bonchev–Trinajstić information content (AvgIpc) is 3.29. The number of amides is 1. The van der Waals surface area contributed by atoms with Gasteiger partial charge in [-0.2, -0.15) is 0 Å². The van der Waals surface area contributed by atoms with Crippen LogP contribution in [0.15, 0.2) is 24.5 Å². The van der Waals surface area contributed by atoms with Gasteiger partial charge < -0.3 is 10.6 Å². The zero-order valence-electron chi connectivity index (χ0n) is 11.8. The summed E-state index contributed by atoms with van der Waals surface area (Å²) in [5, 5.41) is 0. The molecule has 19 heavy (non-hydrogen) atoms. The third-order valence-corrected chi connectivity index (χ3v) is 4.01. The Labute approximate surface area is 115 Å². The fourth-order valence-electron chi connectivity index (χ4n) is 2.28. The number of aromatic nitrogens is 1. The molecular formula is C15H23N3O. The van der Waals surface area contributed by atoms with Gasteiger partial charge in [0.25, 0.3) is 0 Å². The molecule has 4 nitrogen and oxygen atoms in total. The van der Waals surface area contributed by atoms with Gasteiger partial charge in [0, 0.05) is 25.0 Å². The van der Waals surface area contributed by atoms with Gasteiger partial charge in [-0.3, -0.25) is 9.78 Å². The highest BCUT2D eigenvalue weighted by Crippen LogP contribution is 2.31. The molecule has 0 radical (unpaired) electrons. The molecule has 1 heterocycles. The first kappa shape index (κ1) is 14.0. The van der Waals surface area contributed by atoms with Gasteiger partial charge in [0.1, 0.15) is 0 Å². The first-order valence-electron chi connectivity index (χ1n) is 7.09. The monoisotopic (exact) mass is 261 g/mol. The van der Waals surface area contributed by atoms with E-state index < -0.39 is 5.54 Å². The number of rotatable bonds is 6. The van der Waals surface area contributed by atoms with Crippen molar-refractivity contribution in [2.45, 2.75) is 57.7 Å². The molecular weight excluding hydrogens is 238 g/mol. The van der Waals surface area contributed by atoms with E-state index in [0.29, 0.717) is 25.4 Å². The summed E-state index contributed by atoms with van der Waals surface area (Å²) >= 11 is 0. The molecule has 1 amide bonds. The van der Waals surface area contributed by atoms with E-state index in [1.165, 1.54) is 0 Å². The van der Waals surface area contributed by atoms with Gasteiger partial charge in [-0.1, -0.05) is 19.9 Å². The standard InChI is InChI=1S/C15H23N3O/c1-3-15(16,4-2)14(19)18(13-7-8-13)11-12-6-5-9-17-10-12/h5-6,9-10,13H,3-4,7-8,11,16H2,1-2H3. The molecule has 0 bridgehead atoms. The maximum atomic E-state index is 12.7. The summed E-state index contributed by atoms with van der Waals surface area (Å²) in [5.41, 5.74) is 6.60. The van der Waals surface area contributed by atoms with Crippen molar-refractivity contribution in [3.63, 3.8) is 0 Å². The van der Waals surface area contributed by atoms with E-state index in [2.05, 4.69) is 4.98 Å². The summed E-state index contributed by atoms with van der Waals surface area (Å²) in [7, 11) is 0.